The lowest BCUT2D eigenvalue weighted by molar-refractivity contribution is -0.115. The van der Waals surface area contributed by atoms with Gasteiger partial charge in [-0.1, -0.05) is 41.9 Å². The number of rotatable bonds is 1. The van der Waals surface area contributed by atoms with Crippen molar-refractivity contribution in [1.82, 2.24) is 10.3 Å². The van der Waals surface area contributed by atoms with E-state index in [9.17, 15) is 9.90 Å². The van der Waals surface area contributed by atoms with Crippen LogP contribution in [0, 0.1) is 11.8 Å². The molecule has 0 unspecified atom stereocenters. The Morgan fingerprint density at radius 2 is 2.15 bits per heavy atom. The van der Waals surface area contributed by atoms with Gasteiger partial charge in [0.25, 0.3) is 5.91 Å². The van der Waals surface area contributed by atoms with Gasteiger partial charge in [-0.15, -0.1) is 0 Å². The number of aromatic nitrogens is 1. The van der Waals surface area contributed by atoms with Crippen molar-refractivity contribution in [2.75, 3.05) is 0 Å². The summed E-state index contributed by atoms with van der Waals surface area (Å²) in [5.41, 5.74) is 1.89. The highest BCUT2D eigenvalue weighted by Crippen LogP contribution is 2.29. The number of nitrogens with one attached hydrogen (secondary N) is 1. The largest absolute Gasteiger partial charge is 0.508 e. The third-order valence-corrected chi connectivity index (χ3v) is 4.71. The first-order chi connectivity index (χ1) is 12.6. The van der Waals surface area contributed by atoms with E-state index >= 15 is 0 Å². The fourth-order valence-corrected chi connectivity index (χ4v) is 3.44. The molecule has 3 heterocycles. The van der Waals surface area contributed by atoms with Crippen LogP contribution >= 0.6 is 24.0 Å². The Balaban J connectivity index is 1.72. The van der Waals surface area contributed by atoms with Gasteiger partial charge in [-0.3, -0.25) is 9.78 Å². The molecule has 1 fully saturated rings. The van der Waals surface area contributed by atoms with Crippen molar-refractivity contribution >= 4 is 51.3 Å². The highest BCUT2D eigenvalue weighted by Gasteiger charge is 2.22. The first-order valence-electron chi connectivity index (χ1n) is 7.52. The van der Waals surface area contributed by atoms with Crippen molar-refractivity contribution in [3.05, 3.63) is 64.5 Å². The first-order valence-corrected chi connectivity index (χ1v) is 8.74. The summed E-state index contributed by atoms with van der Waals surface area (Å²) >= 11 is 6.17. The van der Waals surface area contributed by atoms with Crippen LogP contribution in [0.4, 0.5) is 0 Å². The van der Waals surface area contributed by atoms with Crippen molar-refractivity contribution in [2.24, 2.45) is 0 Å². The minimum Gasteiger partial charge on any atom is -0.508 e. The normalized spacial score (nSPS) is 15.2. The lowest BCUT2D eigenvalue weighted by Gasteiger charge is -1.93. The number of aromatic hydroxyl groups is 1. The molecule has 0 atom stereocenters. The Hall–Kier alpha value is -3.08. The molecule has 0 saturated carbocycles. The molecule has 0 radical (unpaired) electrons. The van der Waals surface area contributed by atoms with Gasteiger partial charge in [-0.2, -0.15) is 0 Å². The zero-order valence-electron chi connectivity index (χ0n) is 13.1. The Kier molecular flexibility index (Phi) is 4.21. The molecule has 1 amide bonds. The molecule has 0 aliphatic carbocycles. The SMILES string of the molecule is O=C1NC(=S)S/C1=C\c1cc2cncc(C#Cc3cccc(O)c3)c2o1. The molecule has 2 aromatic heterocycles. The second-order valence-electron chi connectivity index (χ2n) is 5.41. The number of hydrogen-bond donors (Lipinski definition) is 2. The van der Waals surface area contributed by atoms with Crippen LogP contribution in [-0.4, -0.2) is 20.3 Å². The van der Waals surface area contributed by atoms with E-state index in [0.29, 0.717) is 31.7 Å². The van der Waals surface area contributed by atoms with Gasteiger partial charge in [-0.25, -0.2) is 0 Å². The van der Waals surface area contributed by atoms with Crippen molar-refractivity contribution < 1.29 is 14.3 Å². The summed E-state index contributed by atoms with van der Waals surface area (Å²) in [6.07, 6.45) is 4.93. The summed E-state index contributed by atoms with van der Waals surface area (Å²) in [5.74, 6) is 6.44. The number of amides is 1. The first kappa shape index (κ1) is 16.4. The highest BCUT2D eigenvalue weighted by atomic mass is 32.2. The summed E-state index contributed by atoms with van der Waals surface area (Å²) in [5, 5.41) is 12.9. The fraction of sp³-hybridized carbons (Fsp3) is 0. The fourth-order valence-electron chi connectivity index (χ4n) is 2.42. The third kappa shape index (κ3) is 3.33. The van der Waals surface area contributed by atoms with Gasteiger partial charge in [0.05, 0.1) is 10.5 Å². The maximum absolute atomic E-state index is 11.8. The lowest BCUT2D eigenvalue weighted by atomic mass is 10.2. The summed E-state index contributed by atoms with van der Waals surface area (Å²) in [6.45, 7) is 0. The van der Waals surface area contributed by atoms with Crippen molar-refractivity contribution in [3.8, 4) is 17.6 Å². The summed E-state index contributed by atoms with van der Waals surface area (Å²) < 4.78 is 6.28. The van der Waals surface area contributed by atoms with Crippen LogP contribution in [-0.2, 0) is 4.79 Å². The van der Waals surface area contributed by atoms with E-state index in [-0.39, 0.29) is 11.7 Å². The van der Waals surface area contributed by atoms with Gasteiger partial charge in [0.15, 0.2) is 5.58 Å². The topological polar surface area (TPSA) is 75.4 Å². The summed E-state index contributed by atoms with van der Waals surface area (Å²) in [6, 6.07) is 8.49. The summed E-state index contributed by atoms with van der Waals surface area (Å²) in [7, 11) is 0. The van der Waals surface area contributed by atoms with Crippen LogP contribution in [0.3, 0.4) is 0 Å². The zero-order chi connectivity index (χ0) is 18.1. The second kappa shape index (κ2) is 6.67. The van der Waals surface area contributed by atoms with E-state index in [2.05, 4.69) is 22.1 Å². The predicted octanol–water partition coefficient (Wildman–Crippen LogP) is 3.42. The monoisotopic (exact) mass is 378 g/mol. The van der Waals surface area contributed by atoms with Gasteiger partial charge in [-0.05, 0) is 24.3 Å². The van der Waals surface area contributed by atoms with Gasteiger partial charge < -0.3 is 14.8 Å². The smallest absolute Gasteiger partial charge is 0.263 e. The van der Waals surface area contributed by atoms with E-state index in [4.69, 9.17) is 16.6 Å². The number of thioether (sulfide) groups is 1. The van der Waals surface area contributed by atoms with Crippen LogP contribution in [0.25, 0.3) is 17.0 Å². The van der Waals surface area contributed by atoms with Crippen LogP contribution in [0.2, 0.25) is 0 Å². The average molecular weight is 378 g/mol. The molecule has 0 bridgehead atoms. The van der Waals surface area contributed by atoms with Gasteiger partial charge in [0.1, 0.15) is 15.8 Å². The Morgan fingerprint density at radius 1 is 1.27 bits per heavy atom. The molecule has 126 valence electrons. The Labute approximate surface area is 158 Å². The molecule has 2 N–H and O–H groups in total. The zero-order valence-corrected chi connectivity index (χ0v) is 14.8. The quantitative estimate of drug-likeness (QED) is 0.384. The number of hydrogen-bond acceptors (Lipinski definition) is 6. The number of pyridine rings is 1. The average Bonchev–Trinajstić information content (AvgIpc) is 3.15. The van der Waals surface area contributed by atoms with Crippen LogP contribution in [0.5, 0.6) is 5.75 Å². The van der Waals surface area contributed by atoms with E-state index in [1.807, 2.05) is 0 Å². The maximum atomic E-state index is 11.8. The van der Waals surface area contributed by atoms with Crippen molar-refractivity contribution in [1.29, 1.82) is 0 Å². The Morgan fingerprint density at radius 3 is 2.92 bits per heavy atom. The molecular weight excluding hydrogens is 368 g/mol. The molecule has 26 heavy (non-hydrogen) atoms. The van der Waals surface area contributed by atoms with Gasteiger partial charge >= 0.3 is 0 Å². The Bertz CT molecular complexity index is 1150. The van der Waals surface area contributed by atoms with Crippen LogP contribution in [0.1, 0.15) is 16.9 Å². The number of carbonyl (C=O) groups excluding carboxylic acids is 1. The standard InChI is InChI=1S/C19H10N2O3S2/c22-14-3-1-2-11(6-14)4-5-12-9-20-10-13-7-15(24-17(12)13)8-16-18(23)21-19(25)26-16/h1-3,6-10,22H,(H,21,23,25)/b16-8-. The van der Waals surface area contributed by atoms with E-state index < -0.39 is 0 Å². The molecule has 5 nitrogen and oxygen atoms in total. The highest BCUT2D eigenvalue weighted by molar-refractivity contribution is 8.26. The third-order valence-electron chi connectivity index (χ3n) is 3.54. The summed E-state index contributed by atoms with van der Waals surface area (Å²) in [4.78, 5) is 16.4. The number of carbonyl (C=O) groups is 1. The van der Waals surface area contributed by atoms with Crippen molar-refractivity contribution in [3.63, 3.8) is 0 Å². The minimum atomic E-state index is -0.234. The number of phenols is 1. The molecular formula is C19H10N2O3S2. The molecule has 1 aliphatic rings. The molecule has 1 aromatic carbocycles. The van der Waals surface area contributed by atoms with Crippen LogP contribution < -0.4 is 5.32 Å². The number of benzene rings is 1. The number of phenolic OH excluding ortho intramolecular Hbond substituents is 1. The molecule has 7 heteroatoms. The molecule has 1 saturated heterocycles. The van der Waals surface area contributed by atoms with Gasteiger partial charge in [0, 0.05) is 29.4 Å². The number of thiocarbonyl (C=S) groups is 1. The molecule has 4 rings (SSSR count). The lowest BCUT2D eigenvalue weighted by Crippen LogP contribution is -2.17. The number of fused-ring (bicyclic) bond motifs is 1. The predicted molar refractivity (Wildman–Crippen MR) is 104 cm³/mol. The molecule has 3 aromatic rings. The molecule has 1 aliphatic heterocycles. The maximum Gasteiger partial charge on any atom is 0.263 e. The van der Waals surface area contributed by atoms with Crippen molar-refractivity contribution in [2.45, 2.75) is 0 Å². The van der Waals surface area contributed by atoms with E-state index in [0.717, 1.165) is 5.39 Å². The van der Waals surface area contributed by atoms with Gasteiger partial charge in [0.2, 0.25) is 0 Å². The number of furan rings is 1. The number of nitrogens with zero attached hydrogens (tertiary/aromatic N) is 1. The second-order valence-corrected chi connectivity index (χ2v) is 7.13. The van der Waals surface area contributed by atoms with E-state index in [1.54, 1.807) is 48.8 Å². The molecule has 0 spiro atoms. The van der Waals surface area contributed by atoms with Crippen LogP contribution in [0.15, 0.2) is 52.0 Å². The minimum absolute atomic E-state index is 0.158. The van der Waals surface area contributed by atoms with E-state index in [1.165, 1.54) is 11.8 Å².